The van der Waals surface area contributed by atoms with Crippen LogP contribution in [0.15, 0.2) is 47.6 Å². The van der Waals surface area contributed by atoms with Gasteiger partial charge in [-0.15, -0.1) is 0 Å². The van der Waals surface area contributed by atoms with Crippen LogP contribution in [0.25, 0.3) is 0 Å². The summed E-state index contributed by atoms with van der Waals surface area (Å²) in [6.07, 6.45) is 1.56. The fourth-order valence-corrected chi connectivity index (χ4v) is 2.35. The van der Waals surface area contributed by atoms with Crippen LogP contribution in [0.1, 0.15) is 18.1 Å². The largest absolute Gasteiger partial charge is 0.488 e. The smallest absolute Gasteiger partial charge is 0.236 e. The van der Waals surface area contributed by atoms with Gasteiger partial charge in [0.1, 0.15) is 18.2 Å². The van der Waals surface area contributed by atoms with E-state index in [1.54, 1.807) is 18.3 Å². The third-order valence-electron chi connectivity index (χ3n) is 2.70. The Balaban J connectivity index is 1.98. The Morgan fingerprint density at radius 1 is 1.32 bits per heavy atom. The van der Waals surface area contributed by atoms with Gasteiger partial charge in [0.05, 0.1) is 9.78 Å². The first-order valence-electron chi connectivity index (χ1n) is 6.51. The lowest BCUT2D eigenvalue weighted by Crippen LogP contribution is -2.12. The lowest BCUT2D eigenvalue weighted by atomic mass is 10.2. The van der Waals surface area contributed by atoms with Gasteiger partial charge in [-0.25, -0.2) is 9.82 Å². The molecule has 0 bridgehead atoms. The minimum absolute atomic E-state index is 0.217. The quantitative estimate of drug-likeness (QED) is 0.465. The molecule has 22 heavy (non-hydrogen) atoms. The average molecular weight is 412 g/mol. The maximum absolute atomic E-state index is 12.8. The van der Waals surface area contributed by atoms with Crippen molar-refractivity contribution in [3.8, 4) is 5.75 Å². The summed E-state index contributed by atoms with van der Waals surface area (Å²) >= 11 is 2.17. The fraction of sp³-hybridized carbons (Fsp3) is 0.125. The molecule has 0 fully saturated rings. The molecular weight excluding hydrogens is 398 g/mol. The molecule has 0 unspecified atom stereocenters. The molecule has 0 saturated carbocycles. The number of hydrazone groups is 1. The Morgan fingerprint density at radius 3 is 2.68 bits per heavy atom. The van der Waals surface area contributed by atoms with Crippen molar-refractivity contribution >= 4 is 34.7 Å². The molecule has 0 spiro atoms. The van der Waals surface area contributed by atoms with Crippen LogP contribution in [0.2, 0.25) is 0 Å². The fourth-order valence-electron chi connectivity index (χ4n) is 1.65. The molecule has 1 N–H and O–H groups in total. The molecule has 0 radical (unpaired) electrons. The number of nitrogens with zero attached hydrogens (tertiary/aromatic N) is 1. The molecule has 2 aromatic rings. The minimum Gasteiger partial charge on any atom is -0.488 e. The Bertz CT molecular complexity index is 687. The number of amides is 1. The van der Waals surface area contributed by atoms with E-state index in [1.165, 1.54) is 19.1 Å². The molecule has 0 heterocycles. The van der Waals surface area contributed by atoms with E-state index in [0.29, 0.717) is 6.61 Å². The summed E-state index contributed by atoms with van der Waals surface area (Å²) in [5.74, 6) is 0.257. The molecule has 0 aliphatic carbocycles. The molecule has 0 atom stereocenters. The predicted molar refractivity (Wildman–Crippen MR) is 91.3 cm³/mol. The number of carbonyl (C=O) groups excluding carboxylic acids is 1. The first-order valence-corrected chi connectivity index (χ1v) is 7.59. The Hall–Kier alpha value is -1.96. The minimum atomic E-state index is -0.263. The maximum atomic E-state index is 12.8. The van der Waals surface area contributed by atoms with Gasteiger partial charge in [-0.1, -0.05) is 12.1 Å². The second kappa shape index (κ2) is 7.88. The second-order valence-electron chi connectivity index (χ2n) is 4.53. The van der Waals surface area contributed by atoms with Crippen molar-refractivity contribution < 1.29 is 13.9 Å². The van der Waals surface area contributed by atoms with Crippen molar-refractivity contribution in [1.29, 1.82) is 0 Å². The van der Waals surface area contributed by atoms with Gasteiger partial charge >= 0.3 is 0 Å². The summed E-state index contributed by atoms with van der Waals surface area (Å²) in [6, 6.07) is 11.8. The van der Waals surface area contributed by atoms with Crippen LogP contribution in [0, 0.1) is 9.39 Å². The van der Waals surface area contributed by atoms with E-state index in [0.717, 1.165) is 20.4 Å². The third kappa shape index (κ3) is 5.10. The van der Waals surface area contributed by atoms with Crippen LogP contribution in [0.5, 0.6) is 5.75 Å². The van der Waals surface area contributed by atoms with Crippen LogP contribution in [-0.2, 0) is 11.4 Å². The first-order chi connectivity index (χ1) is 10.5. The van der Waals surface area contributed by atoms with Crippen LogP contribution in [-0.4, -0.2) is 12.1 Å². The maximum Gasteiger partial charge on any atom is 0.236 e. The highest BCUT2D eigenvalue weighted by Gasteiger charge is 2.03. The van der Waals surface area contributed by atoms with E-state index in [-0.39, 0.29) is 11.7 Å². The molecule has 6 heteroatoms. The van der Waals surface area contributed by atoms with Gasteiger partial charge in [-0.3, -0.25) is 4.79 Å². The molecule has 114 valence electrons. The monoisotopic (exact) mass is 412 g/mol. The summed E-state index contributed by atoms with van der Waals surface area (Å²) in [5.41, 5.74) is 4.10. The molecule has 2 aromatic carbocycles. The van der Waals surface area contributed by atoms with Crippen molar-refractivity contribution in [2.45, 2.75) is 13.5 Å². The first kappa shape index (κ1) is 16.4. The van der Waals surface area contributed by atoms with Crippen molar-refractivity contribution in [2.24, 2.45) is 5.10 Å². The topological polar surface area (TPSA) is 50.7 Å². The Kier molecular flexibility index (Phi) is 5.88. The van der Waals surface area contributed by atoms with Gasteiger partial charge in [0, 0.05) is 6.92 Å². The number of carbonyl (C=O) groups is 1. The summed E-state index contributed by atoms with van der Waals surface area (Å²) in [7, 11) is 0. The van der Waals surface area contributed by atoms with E-state index in [9.17, 15) is 9.18 Å². The number of rotatable bonds is 5. The summed E-state index contributed by atoms with van der Waals surface area (Å²) in [4.78, 5) is 10.7. The van der Waals surface area contributed by atoms with Crippen molar-refractivity contribution in [2.75, 3.05) is 0 Å². The number of nitrogens with one attached hydrogen (secondary N) is 1. The second-order valence-corrected chi connectivity index (χ2v) is 5.69. The number of hydrogen-bond donors (Lipinski definition) is 1. The van der Waals surface area contributed by atoms with E-state index >= 15 is 0 Å². The van der Waals surface area contributed by atoms with Crippen molar-refractivity contribution in [3.05, 3.63) is 63.0 Å². The normalized spacial score (nSPS) is 10.7. The molecular formula is C16H14FIN2O2. The number of ether oxygens (including phenoxy) is 1. The van der Waals surface area contributed by atoms with Crippen LogP contribution >= 0.6 is 22.6 Å². The lowest BCUT2D eigenvalue weighted by Gasteiger charge is -2.09. The number of benzene rings is 2. The SMILES string of the molecule is CC(=O)N/N=C\c1ccc(OCc2ccc(F)cc2)c(I)c1. The van der Waals surface area contributed by atoms with E-state index in [2.05, 4.69) is 33.1 Å². The van der Waals surface area contributed by atoms with Crippen LogP contribution in [0.4, 0.5) is 4.39 Å². The van der Waals surface area contributed by atoms with Gasteiger partial charge in [-0.05, 0) is 64.0 Å². The Labute approximate surface area is 141 Å². The zero-order valence-electron chi connectivity index (χ0n) is 11.8. The van der Waals surface area contributed by atoms with E-state index < -0.39 is 0 Å². The average Bonchev–Trinajstić information content (AvgIpc) is 2.48. The molecule has 0 aromatic heterocycles. The Morgan fingerprint density at radius 2 is 2.05 bits per heavy atom. The molecule has 0 aliphatic heterocycles. The molecule has 4 nitrogen and oxygen atoms in total. The predicted octanol–water partition coefficient (Wildman–Crippen LogP) is 3.48. The summed E-state index contributed by atoms with van der Waals surface area (Å²) in [6.45, 7) is 1.77. The summed E-state index contributed by atoms with van der Waals surface area (Å²) in [5, 5.41) is 3.81. The lowest BCUT2D eigenvalue weighted by molar-refractivity contribution is -0.118. The van der Waals surface area contributed by atoms with Crippen LogP contribution < -0.4 is 10.2 Å². The molecule has 1 amide bonds. The van der Waals surface area contributed by atoms with E-state index in [4.69, 9.17) is 4.74 Å². The number of halogens is 2. The highest BCUT2D eigenvalue weighted by Crippen LogP contribution is 2.22. The zero-order valence-corrected chi connectivity index (χ0v) is 14.0. The highest BCUT2D eigenvalue weighted by atomic mass is 127. The zero-order chi connectivity index (χ0) is 15.9. The molecule has 2 rings (SSSR count). The van der Waals surface area contributed by atoms with Gasteiger partial charge in [-0.2, -0.15) is 5.10 Å². The molecule has 0 aliphatic rings. The highest BCUT2D eigenvalue weighted by molar-refractivity contribution is 14.1. The van der Waals surface area contributed by atoms with Crippen molar-refractivity contribution in [3.63, 3.8) is 0 Å². The van der Waals surface area contributed by atoms with E-state index in [1.807, 2.05) is 18.2 Å². The molecule has 0 saturated heterocycles. The third-order valence-corrected chi connectivity index (χ3v) is 3.54. The van der Waals surface area contributed by atoms with Gasteiger partial charge in [0.15, 0.2) is 0 Å². The van der Waals surface area contributed by atoms with Crippen molar-refractivity contribution in [1.82, 2.24) is 5.43 Å². The van der Waals surface area contributed by atoms with Gasteiger partial charge in [0.25, 0.3) is 0 Å². The van der Waals surface area contributed by atoms with Gasteiger partial charge in [0.2, 0.25) is 5.91 Å². The number of hydrogen-bond acceptors (Lipinski definition) is 3. The standard InChI is InChI=1S/C16H14FIN2O2/c1-11(21)20-19-9-13-4-7-16(15(18)8-13)22-10-12-2-5-14(17)6-3-12/h2-9H,10H2,1H3,(H,20,21)/b19-9-. The van der Waals surface area contributed by atoms with Crippen LogP contribution in [0.3, 0.4) is 0 Å². The summed E-state index contributed by atoms with van der Waals surface area (Å²) < 4.78 is 19.5. The van der Waals surface area contributed by atoms with Gasteiger partial charge < -0.3 is 4.74 Å².